The van der Waals surface area contributed by atoms with Crippen LogP contribution < -0.4 is 10.6 Å². The minimum Gasteiger partial charge on any atom is -0.478 e. The number of aliphatic hydroxyl groups is 1. The van der Waals surface area contributed by atoms with E-state index in [1.165, 1.54) is 12.8 Å². The summed E-state index contributed by atoms with van der Waals surface area (Å²) in [5.74, 6) is -3.73. The SMILES string of the molecule is CC.CC1(C)CNCCN1.C[CH-]I.O=C(O)/C=C\C(=O)O.[2H]c1c([2H])c([2H])c(C2CC(Cl)c3cc(Cl)ccc32)c([2H])c1[2H].[2H]c1c([2H])c([2H])c(C2CC(O)c3cc(Cl)ccc32)c([2H])c1[2H].[2H]c1c([2H])c([2H])c([C@@H]2C[C@@H](N3CCCC(C)(C)C3)c3cc(Cl)ccc32)c([2H])c1[2H].[2H]c1c([2H])c([2H])c([C@H]2C[C@H](N3CCCC(C)(C)C3)c3cc(Cl)ccc32)c([2H])c1[2H].[V]. The van der Waals surface area contributed by atoms with E-state index < -0.39 is 30.0 Å². The number of piperidine rings is 2. The quantitative estimate of drug-likeness (QED) is 0.0438. The zero-order valence-electron chi connectivity index (χ0n) is 80.2. The van der Waals surface area contributed by atoms with E-state index in [0.717, 1.165) is 97.6 Å². The Balaban J connectivity index is 0.000000211. The number of likely N-dealkylation sites (tertiary alicyclic amines) is 2. The first-order valence-electron chi connectivity index (χ1n) is 44.8. The number of aliphatic hydroxyl groups excluding tert-OH is 1. The number of piperazine rings is 1. The smallest absolute Gasteiger partial charge is 0.328 e. The number of hydrogen-bond donors (Lipinski definition) is 5. The van der Waals surface area contributed by atoms with E-state index in [0.29, 0.717) is 79.3 Å². The molecule has 0 bridgehead atoms. The molecule has 4 aliphatic carbocycles. The van der Waals surface area contributed by atoms with Gasteiger partial charge in [0, 0.05) is 125 Å². The van der Waals surface area contributed by atoms with Gasteiger partial charge in [-0.15, -0.1) is 11.6 Å². The van der Waals surface area contributed by atoms with Crippen LogP contribution in [0, 0.1) is 15.3 Å². The van der Waals surface area contributed by atoms with E-state index in [9.17, 15) is 14.7 Å². The van der Waals surface area contributed by atoms with E-state index in [2.05, 4.69) is 84.6 Å². The maximum Gasteiger partial charge on any atom is 0.328 e. The average molecular weight is 1670 g/mol. The molecule has 0 aromatic heterocycles. The van der Waals surface area contributed by atoms with Crippen molar-refractivity contribution in [3.63, 3.8) is 0 Å². The first-order chi connectivity index (χ1) is 57.6. The van der Waals surface area contributed by atoms with Gasteiger partial charge in [-0.05, 0) is 204 Å². The van der Waals surface area contributed by atoms with Gasteiger partial charge < -0.3 is 48.5 Å². The van der Waals surface area contributed by atoms with E-state index in [4.69, 9.17) is 95.6 Å². The van der Waals surface area contributed by atoms with Gasteiger partial charge >= 0.3 is 11.9 Å². The predicted molar refractivity (Wildman–Crippen MR) is 440 cm³/mol. The fourth-order valence-corrected chi connectivity index (χ4v) is 15.7. The van der Waals surface area contributed by atoms with E-state index in [1.807, 2.05) is 67.7 Å². The van der Waals surface area contributed by atoms with Crippen LogP contribution in [0.5, 0.6) is 0 Å². The molecule has 4 unspecified atom stereocenters. The first-order valence-corrected chi connectivity index (χ1v) is 38.0. The number of nitrogens with one attached hydrogen (secondary N) is 2. The summed E-state index contributed by atoms with van der Waals surface area (Å²) in [5.41, 5.74) is 9.62. The summed E-state index contributed by atoms with van der Waals surface area (Å²) in [7, 11) is 0. The zero-order valence-corrected chi connectivity index (χ0v) is 67.5. The van der Waals surface area contributed by atoms with Gasteiger partial charge in [-0.1, -0.05) is 233 Å². The Morgan fingerprint density at radius 1 is 0.510 bits per heavy atom. The van der Waals surface area contributed by atoms with Crippen molar-refractivity contribution in [3.8, 4) is 0 Å². The molecule has 15 rings (SSSR count). The molecule has 3 aliphatic heterocycles. The Hall–Kier alpha value is -5.00. The van der Waals surface area contributed by atoms with Crippen molar-refractivity contribution >= 4 is 92.5 Å². The molecule has 8 atom stereocenters. The minimum atomic E-state index is -1.26. The molecule has 16 heteroatoms. The minimum absolute atomic E-state index is 0. The summed E-state index contributed by atoms with van der Waals surface area (Å²) < 4.78 is 163. The van der Waals surface area contributed by atoms with Gasteiger partial charge in [-0.2, -0.15) is 6.92 Å². The number of hydrogen-bond acceptors (Lipinski definition) is 7. The average Bonchev–Trinajstić information content (AvgIpc) is 1.69. The monoisotopic (exact) mass is 1670 g/mol. The standard InChI is InChI=1S/2C22H26ClN.C15H12Cl2.C15H13ClO.C6H14N2.C4H4O4.C2H4I.C2H6.V/c2*1-22(2)11-6-12-24(15-22)21-14-19(16-7-4-3-5-8-16)18-10-9-17(23)13-20(18)21;2*16-11-6-7-12-13(9-15(17)14(12)8-11)10-4-2-1-3-5-10;1-6(2)5-7-3-4-8-6;5-3(6)1-2-4(7)8;1-2-3;1-2;/h2*3-5,7-10,13,19,21H,6,11-12,14-15H2,1-2H3;1-8,13,15H,9H2;1-8,13,15,17H,9H2;7-8H,3-5H2,1-2H3;1-2H,(H,5,6)(H,7,8);2H,1H3;1-2H3;/q;;;;;;-1;;/b;;;;;2-1-;;;/t2*19-,21+;;;;;;;/m10......./s1/i2*3D,4D,5D,7D,8D;2*1D,2D,3D,4D,5D;;;;;. The van der Waals surface area contributed by atoms with Crippen LogP contribution in [0.25, 0.3) is 0 Å². The molecular weight excluding hydrogens is 1550 g/mol. The fraction of sp³-hybridized carbons (Fsp3) is 0.398. The summed E-state index contributed by atoms with van der Waals surface area (Å²) in [6, 6.07) is 17.3. The maximum atomic E-state index is 10.2. The summed E-state index contributed by atoms with van der Waals surface area (Å²) >= 11 is 33.1. The number of carboxylic acids is 2. The van der Waals surface area contributed by atoms with Gasteiger partial charge in [0.2, 0.25) is 0 Å². The van der Waals surface area contributed by atoms with Crippen LogP contribution in [0.3, 0.4) is 0 Å². The number of halogens is 6. The molecule has 3 saturated heterocycles. The van der Waals surface area contributed by atoms with E-state index in [1.54, 1.807) is 30.3 Å². The number of nitrogens with zero attached hydrogens (tertiary/aromatic N) is 2. The first kappa shape index (κ1) is 60.9. The second-order valence-corrected chi connectivity index (χ2v) is 31.6. The van der Waals surface area contributed by atoms with Crippen LogP contribution in [0.15, 0.2) is 206 Å². The van der Waals surface area contributed by atoms with E-state index in [-0.39, 0.29) is 191 Å². The molecule has 9 nitrogen and oxygen atoms in total. The molecule has 0 spiro atoms. The molecule has 7 aliphatic rings. The van der Waals surface area contributed by atoms with Crippen LogP contribution in [0.1, 0.15) is 255 Å². The van der Waals surface area contributed by atoms with Crippen molar-refractivity contribution < 1.29 is 70.9 Å². The molecule has 3 heterocycles. The Kier molecular flexibility index (Phi) is 24.3. The number of benzene rings is 8. The van der Waals surface area contributed by atoms with Gasteiger partial charge in [-0.3, -0.25) is 14.2 Å². The van der Waals surface area contributed by atoms with Crippen LogP contribution in [-0.2, 0) is 28.1 Å². The second-order valence-electron chi connectivity index (χ2n) is 28.1. The Labute approximate surface area is 699 Å². The number of alkyl halides is 1. The Morgan fingerprint density at radius 2 is 0.827 bits per heavy atom. The van der Waals surface area contributed by atoms with Gasteiger partial charge in [0.1, 0.15) is 0 Å². The molecule has 104 heavy (non-hydrogen) atoms. The third kappa shape index (κ3) is 24.8. The second kappa shape index (κ2) is 41.5. The molecule has 0 amide bonds. The normalized spacial score (nSPS) is 25.3. The summed E-state index contributed by atoms with van der Waals surface area (Å²) in [4.78, 5) is 24.1. The number of rotatable bonds is 8. The zero-order chi connectivity index (χ0) is 91.8. The van der Waals surface area contributed by atoms with Gasteiger partial charge in [-0.25, -0.2) is 9.59 Å². The number of carbonyl (C=O) groups is 2. The van der Waals surface area contributed by atoms with Crippen LogP contribution in [0.4, 0.5) is 0 Å². The van der Waals surface area contributed by atoms with Gasteiger partial charge in [0.15, 0.2) is 0 Å². The van der Waals surface area contributed by atoms with Crippen molar-refractivity contribution in [2.75, 3.05) is 45.8 Å². The van der Waals surface area contributed by atoms with Crippen molar-refractivity contribution in [2.45, 2.75) is 166 Å². The maximum absolute atomic E-state index is 10.2. The van der Waals surface area contributed by atoms with Crippen LogP contribution in [0.2, 0.25) is 20.1 Å². The predicted octanol–water partition coefficient (Wildman–Crippen LogP) is 23.4. The number of carboxylic acid groups (broad SMARTS) is 2. The van der Waals surface area contributed by atoms with Crippen molar-refractivity contribution in [1.82, 2.24) is 20.4 Å². The van der Waals surface area contributed by atoms with Crippen molar-refractivity contribution in [3.05, 3.63) is 297 Å². The van der Waals surface area contributed by atoms with Crippen LogP contribution in [-0.4, -0.2) is 88.4 Å². The number of fused-ring (bicyclic) bond motifs is 4. The Bertz CT molecular complexity index is 4830. The largest absolute Gasteiger partial charge is 0.478 e. The van der Waals surface area contributed by atoms with Gasteiger partial charge in [0.25, 0.3) is 0 Å². The van der Waals surface area contributed by atoms with Gasteiger partial charge in [0.05, 0.1) is 38.9 Å². The number of aliphatic carboxylic acids is 2. The fourth-order valence-electron chi connectivity index (χ4n) is 14.6. The Morgan fingerprint density at radius 3 is 1.14 bits per heavy atom. The summed E-state index contributed by atoms with van der Waals surface area (Å²) in [6.07, 6.45) is 7.23. The molecule has 555 valence electrons. The molecule has 8 aromatic rings. The topological polar surface area (TPSA) is 125 Å². The molecule has 1 radical (unpaired) electrons. The van der Waals surface area contributed by atoms with Crippen molar-refractivity contribution in [1.29, 1.82) is 0 Å². The molecule has 5 N–H and O–H groups in total. The van der Waals surface area contributed by atoms with E-state index >= 15 is 0 Å². The summed E-state index contributed by atoms with van der Waals surface area (Å²) in [5, 5.41) is 34.7. The van der Waals surface area contributed by atoms with Crippen LogP contribution >= 0.6 is 80.6 Å². The molecular formula is C88H105Cl5IN4O5V-. The molecule has 8 aromatic carbocycles. The molecule has 3 fully saturated rings. The third-order valence-electron chi connectivity index (χ3n) is 19.0. The third-order valence-corrected chi connectivity index (χ3v) is 20.3. The van der Waals surface area contributed by atoms with Crippen molar-refractivity contribution in [2.24, 2.45) is 10.8 Å². The summed E-state index contributed by atoms with van der Waals surface area (Å²) in [6.45, 7) is 26.9. The molecule has 0 saturated carbocycles.